The first kappa shape index (κ1) is 19.8. The van der Waals surface area contributed by atoms with Gasteiger partial charge in [0.05, 0.1) is 32.0 Å². The molecular formula is C23H26N4O3. The van der Waals surface area contributed by atoms with Gasteiger partial charge < -0.3 is 20.1 Å². The number of hydrogen-bond acceptors (Lipinski definition) is 5. The van der Waals surface area contributed by atoms with Gasteiger partial charge in [-0.15, -0.1) is 0 Å². The summed E-state index contributed by atoms with van der Waals surface area (Å²) >= 11 is 0. The van der Waals surface area contributed by atoms with Crippen molar-refractivity contribution in [2.75, 3.05) is 24.9 Å². The summed E-state index contributed by atoms with van der Waals surface area (Å²) < 4.78 is 12.5. The van der Waals surface area contributed by atoms with Crippen molar-refractivity contribution in [2.24, 2.45) is 0 Å². The number of anilines is 2. The molecule has 1 aliphatic heterocycles. The quantitative estimate of drug-likeness (QED) is 0.655. The smallest absolute Gasteiger partial charge is 0.261 e. The summed E-state index contributed by atoms with van der Waals surface area (Å²) in [6.07, 6.45) is 2.48. The lowest BCUT2D eigenvalue weighted by Gasteiger charge is -2.38. The van der Waals surface area contributed by atoms with Crippen molar-refractivity contribution in [2.45, 2.75) is 31.8 Å². The van der Waals surface area contributed by atoms with E-state index in [1.807, 2.05) is 22.9 Å². The minimum Gasteiger partial charge on any atom is -0.497 e. The van der Waals surface area contributed by atoms with Crippen LogP contribution >= 0.6 is 0 Å². The third kappa shape index (κ3) is 3.70. The predicted molar refractivity (Wildman–Crippen MR) is 116 cm³/mol. The van der Waals surface area contributed by atoms with Gasteiger partial charge in [-0.2, -0.15) is 5.10 Å². The van der Waals surface area contributed by atoms with Crippen molar-refractivity contribution in [3.63, 3.8) is 0 Å². The number of rotatable bonds is 5. The van der Waals surface area contributed by atoms with Crippen molar-refractivity contribution >= 4 is 17.4 Å². The fraction of sp³-hybridized carbons (Fsp3) is 0.304. The second kappa shape index (κ2) is 7.74. The Labute approximate surface area is 176 Å². The Bertz CT molecular complexity index is 1040. The second-order valence-electron chi connectivity index (χ2n) is 8.00. The van der Waals surface area contributed by atoms with Crippen LogP contribution in [0.25, 0.3) is 0 Å². The van der Waals surface area contributed by atoms with E-state index in [4.69, 9.17) is 9.47 Å². The summed E-state index contributed by atoms with van der Waals surface area (Å²) in [6.45, 7) is 4.27. The Morgan fingerprint density at radius 1 is 1.13 bits per heavy atom. The molecule has 0 aliphatic carbocycles. The normalized spacial score (nSPS) is 16.9. The van der Waals surface area contributed by atoms with Crippen LogP contribution in [-0.4, -0.2) is 29.9 Å². The maximum Gasteiger partial charge on any atom is 0.261 e. The molecule has 1 aliphatic rings. The van der Waals surface area contributed by atoms with Gasteiger partial charge in [0, 0.05) is 23.9 Å². The first-order valence-electron chi connectivity index (χ1n) is 9.85. The molecule has 3 aromatic rings. The van der Waals surface area contributed by atoms with Gasteiger partial charge in [-0.25, -0.2) is 4.68 Å². The van der Waals surface area contributed by atoms with E-state index >= 15 is 0 Å². The van der Waals surface area contributed by atoms with Crippen molar-refractivity contribution in [3.8, 4) is 11.5 Å². The Morgan fingerprint density at radius 3 is 2.43 bits per heavy atom. The topological polar surface area (TPSA) is 77.4 Å². The molecular weight excluding hydrogens is 380 g/mol. The highest BCUT2D eigenvalue weighted by molar-refractivity contribution is 6.07. The van der Waals surface area contributed by atoms with E-state index in [1.54, 1.807) is 38.6 Å². The highest BCUT2D eigenvalue weighted by Gasteiger charge is 2.36. The van der Waals surface area contributed by atoms with Gasteiger partial charge in [-0.1, -0.05) is 30.3 Å². The molecule has 4 rings (SSSR count). The molecule has 1 atom stereocenters. The largest absolute Gasteiger partial charge is 0.497 e. The van der Waals surface area contributed by atoms with Crippen LogP contribution in [0.2, 0.25) is 0 Å². The predicted octanol–water partition coefficient (Wildman–Crippen LogP) is 4.44. The molecule has 0 saturated heterocycles. The number of nitrogens with one attached hydrogen (secondary N) is 2. The molecule has 0 fully saturated rings. The monoisotopic (exact) mass is 406 g/mol. The van der Waals surface area contributed by atoms with Crippen LogP contribution in [0.5, 0.6) is 11.5 Å². The van der Waals surface area contributed by atoms with Gasteiger partial charge in [0.25, 0.3) is 5.91 Å². The lowest BCUT2D eigenvalue weighted by Crippen LogP contribution is -2.38. The van der Waals surface area contributed by atoms with Gasteiger partial charge in [0.15, 0.2) is 0 Å². The van der Waals surface area contributed by atoms with Crippen molar-refractivity contribution < 1.29 is 14.3 Å². The molecule has 0 saturated carbocycles. The van der Waals surface area contributed by atoms with Gasteiger partial charge in [-0.3, -0.25) is 4.79 Å². The molecule has 1 amide bonds. The summed E-state index contributed by atoms with van der Waals surface area (Å²) in [5.41, 5.74) is 2.02. The SMILES string of the molecule is COc1cc(NC(=O)c2cnn3c2NC(c2ccccc2)CC3(C)C)cc(OC)c1. The highest BCUT2D eigenvalue weighted by Crippen LogP contribution is 2.40. The summed E-state index contributed by atoms with van der Waals surface area (Å²) in [5, 5.41) is 11.0. The van der Waals surface area contributed by atoms with E-state index in [2.05, 4.69) is 41.7 Å². The number of ether oxygens (including phenoxy) is 2. The number of amides is 1. The van der Waals surface area contributed by atoms with Crippen LogP contribution in [0, 0.1) is 0 Å². The Balaban J connectivity index is 1.64. The molecule has 2 aromatic carbocycles. The van der Waals surface area contributed by atoms with Gasteiger partial charge in [0.1, 0.15) is 22.9 Å². The van der Waals surface area contributed by atoms with Crippen LogP contribution in [0.15, 0.2) is 54.7 Å². The summed E-state index contributed by atoms with van der Waals surface area (Å²) in [7, 11) is 3.15. The number of carbonyl (C=O) groups excluding carboxylic acids is 1. The van der Waals surface area contributed by atoms with Crippen LogP contribution in [0.1, 0.15) is 42.2 Å². The van der Waals surface area contributed by atoms with Crippen LogP contribution < -0.4 is 20.1 Å². The molecule has 2 N–H and O–H groups in total. The Kier molecular flexibility index (Phi) is 5.11. The fourth-order valence-electron chi connectivity index (χ4n) is 3.88. The molecule has 7 nitrogen and oxygen atoms in total. The van der Waals surface area contributed by atoms with Crippen molar-refractivity contribution in [1.82, 2.24) is 9.78 Å². The molecule has 2 heterocycles. The van der Waals surface area contributed by atoms with Crippen LogP contribution in [0.4, 0.5) is 11.5 Å². The van der Waals surface area contributed by atoms with E-state index in [0.29, 0.717) is 28.6 Å². The van der Waals surface area contributed by atoms with E-state index in [0.717, 1.165) is 6.42 Å². The maximum atomic E-state index is 13.1. The molecule has 7 heteroatoms. The summed E-state index contributed by atoms with van der Waals surface area (Å²) in [4.78, 5) is 13.1. The standard InChI is InChI=1S/C23H26N4O3/c1-23(2)13-20(15-8-6-5-7-9-15)26-21-19(14-24-27(21)23)22(28)25-16-10-17(29-3)12-18(11-16)30-4/h5-12,14,20,26H,13H2,1-4H3,(H,25,28). The third-order valence-corrected chi connectivity index (χ3v) is 5.41. The number of benzene rings is 2. The third-order valence-electron chi connectivity index (χ3n) is 5.41. The molecule has 0 spiro atoms. The maximum absolute atomic E-state index is 13.1. The average molecular weight is 406 g/mol. The lowest BCUT2D eigenvalue weighted by molar-refractivity contribution is 0.102. The number of carbonyl (C=O) groups is 1. The molecule has 1 aromatic heterocycles. The highest BCUT2D eigenvalue weighted by atomic mass is 16.5. The number of nitrogens with zero attached hydrogens (tertiary/aromatic N) is 2. The molecule has 30 heavy (non-hydrogen) atoms. The number of methoxy groups -OCH3 is 2. The van der Waals surface area contributed by atoms with Crippen LogP contribution in [-0.2, 0) is 5.54 Å². The fourth-order valence-corrected chi connectivity index (χ4v) is 3.88. The molecule has 0 radical (unpaired) electrons. The van der Waals surface area contributed by atoms with Crippen LogP contribution in [0.3, 0.4) is 0 Å². The first-order valence-corrected chi connectivity index (χ1v) is 9.85. The van der Waals surface area contributed by atoms with E-state index in [9.17, 15) is 4.79 Å². The zero-order valence-electron chi connectivity index (χ0n) is 17.6. The first-order chi connectivity index (χ1) is 14.4. The zero-order chi connectivity index (χ0) is 21.3. The second-order valence-corrected chi connectivity index (χ2v) is 8.00. The molecule has 0 bridgehead atoms. The van der Waals surface area contributed by atoms with Gasteiger partial charge in [0.2, 0.25) is 0 Å². The zero-order valence-corrected chi connectivity index (χ0v) is 17.6. The van der Waals surface area contributed by atoms with Gasteiger partial charge >= 0.3 is 0 Å². The summed E-state index contributed by atoms with van der Waals surface area (Å²) in [6, 6.07) is 15.6. The minimum absolute atomic E-state index is 0.0915. The molecule has 1 unspecified atom stereocenters. The molecule has 156 valence electrons. The number of fused-ring (bicyclic) bond motifs is 1. The summed E-state index contributed by atoms with van der Waals surface area (Å²) in [5.74, 6) is 1.67. The average Bonchev–Trinajstić information content (AvgIpc) is 3.19. The van der Waals surface area contributed by atoms with Crippen molar-refractivity contribution in [1.29, 1.82) is 0 Å². The van der Waals surface area contributed by atoms with E-state index < -0.39 is 0 Å². The minimum atomic E-state index is -0.247. The number of aromatic nitrogens is 2. The van der Waals surface area contributed by atoms with E-state index in [1.165, 1.54) is 5.56 Å². The van der Waals surface area contributed by atoms with Gasteiger partial charge in [-0.05, 0) is 25.8 Å². The van der Waals surface area contributed by atoms with Crippen molar-refractivity contribution in [3.05, 3.63) is 65.9 Å². The Hall–Kier alpha value is -3.48. The number of hydrogen-bond donors (Lipinski definition) is 2. The Morgan fingerprint density at radius 2 is 1.80 bits per heavy atom. The van der Waals surface area contributed by atoms with E-state index in [-0.39, 0.29) is 17.5 Å². The lowest BCUT2D eigenvalue weighted by atomic mass is 9.89.